The van der Waals surface area contributed by atoms with Crippen molar-refractivity contribution in [3.05, 3.63) is 52.9 Å². The van der Waals surface area contributed by atoms with Gasteiger partial charge in [0.2, 0.25) is 0 Å². The number of ether oxygens (including phenoxy) is 2. The number of carbonyl (C=O) groups is 1. The number of hydrogen-bond donors (Lipinski definition) is 1. The van der Waals surface area contributed by atoms with Crippen LogP contribution < -0.4 is 16.0 Å². The van der Waals surface area contributed by atoms with Gasteiger partial charge in [0.1, 0.15) is 17.1 Å². The molecule has 2 N–H and O–H groups in total. The minimum Gasteiger partial charge on any atom is -0.493 e. The third kappa shape index (κ3) is 5.72. The van der Waals surface area contributed by atoms with Crippen LogP contribution in [0.25, 0.3) is 22.2 Å². The Bertz CT molecular complexity index is 1180. The number of aryl methyl sites for hydroxylation is 1. The van der Waals surface area contributed by atoms with E-state index in [-0.39, 0.29) is 17.2 Å². The van der Waals surface area contributed by atoms with Crippen LogP contribution in [0.3, 0.4) is 0 Å². The van der Waals surface area contributed by atoms with Gasteiger partial charge in [0.15, 0.2) is 0 Å². The zero-order valence-electron chi connectivity index (χ0n) is 19.9. The molecule has 7 heteroatoms. The van der Waals surface area contributed by atoms with Crippen LogP contribution >= 0.6 is 0 Å². The fraction of sp³-hybridized carbons (Fsp3) is 0.423. The van der Waals surface area contributed by atoms with Crippen molar-refractivity contribution in [1.29, 1.82) is 0 Å². The molecule has 0 fully saturated rings. The SMILES string of the molecule is CCCCn1c(=O)c(N)c(-c2cccc(OCCCOC(=O)C(C)(C)C)c2)c2cccnc21. The Hall–Kier alpha value is -3.35. The van der Waals surface area contributed by atoms with Crippen molar-refractivity contribution in [3.63, 3.8) is 0 Å². The number of nitrogens with zero attached hydrogens (tertiary/aromatic N) is 2. The van der Waals surface area contributed by atoms with Crippen LogP contribution in [-0.4, -0.2) is 28.7 Å². The van der Waals surface area contributed by atoms with E-state index in [1.165, 1.54) is 0 Å². The Kier molecular flexibility index (Phi) is 7.74. The van der Waals surface area contributed by atoms with Crippen molar-refractivity contribution in [1.82, 2.24) is 9.55 Å². The van der Waals surface area contributed by atoms with E-state index in [1.54, 1.807) is 10.8 Å². The highest BCUT2D eigenvalue weighted by Gasteiger charge is 2.22. The molecule has 0 aliphatic rings. The lowest BCUT2D eigenvalue weighted by atomic mass is 9.97. The van der Waals surface area contributed by atoms with Crippen LogP contribution in [-0.2, 0) is 16.1 Å². The number of unbranched alkanes of at least 4 members (excludes halogenated alkanes) is 1. The Morgan fingerprint density at radius 2 is 1.91 bits per heavy atom. The van der Waals surface area contributed by atoms with Crippen molar-refractivity contribution in [2.75, 3.05) is 18.9 Å². The molecule has 3 rings (SSSR count). The third-order valence-corrected chi connectivity index (χ3v) is 5.32. The van der Waals surface area contributed by atoms with Gasteiger partial charge in [-0.15, -0.1) is 0 Å². The number of pyridine rings is 2. The molecule has 0 radical (unpaired) electrons. The molecule has 0 saturated carbocycles. The molecule has 33 heavy (non-hydrogen) atoms. The molecule has 0 aliphatic heterocycles. The second-order valence-electron chi connectivity index (χ2n) is 9.09. The summed E-state index contributed by atoms with van der Waals surface area (Å²) in [6.07, 6.45) is 4.11. The quantitative estimate of drug-likeness (QED) is 0.371. The molecule has 0 amide bonds. The van der Waals surface area contributed by atoms with E-state index in [9.17, 15) is 9.59 Å². The first-order chi connectivity index (χ1) is 15.7. The molecule has 3 aromatic rings. The molecule has 1 aromatic carbocycles. The lowest BCUT2D eigenvalue weighted by Crippen LogP contribution is -2.25. The number of anilines is 1. The second-order valence-corrected chi connectivity index (χ2v) is 9.09. The second kappa shape index (κ2) is 10.5. The highest BCUT2D eigenvalue weighted by atomic mass is 16.5. The van der Waals surface area contributed by atoms with E-state index in [0.29, 0.717) is 43.1 Å². The number of esters is 1. The van der Waals surface area contributed by atoms with E-state index >= 15 is 0 Å². The summed E-state index contributed by atoms with van der Waals surface area (Å²) in [7, 11) is 0. The number of rotatable bonds is 9. The zero-order chi connectivity index (χ0) is 24.0. The van der Waals surface area contributed by atoms with Crippen LogP contribution in [0.5, 0.6) is 5.75 Å². The Morgan fingerprint density at radius 3 is 2.64 bits per heavy atom. The van der Waals surface area contributed by atoms with Gasteiger partial charge in [-0.1, -0.05) is 25.5 Å². The van der Waals surface area contributed by atoms with Gasteiger partial charge in [-0.2, -0.15) is 0 Å². The fourth-order valence-corrected chi connectivity index (χ4v) is 3.51. The monoisotopic (exact) mass is 451 g/mol. The smallest absolute Gasteiger partial charge is 0.311 e. The number of carbonyl (C=O) groups excluding carboxylic acids is 1. The van der Waals surface area contributed by atoms with Gasteiger partial charge in [-0.05, 0) is 57.0 Å². The Labute approximate surface area is 194 Å². The Morgan fingerprint density at radius 1 is 1.12 bits per heavy atom. The summed E-state index contributed by atoms with van der Waals surface area (Å²) in [6.45, 7) is 8.83. The van der Waals surface area contributed by atoms with Crippen LogP contribution in [0, 0.1) is 5.41 Å². The van der Waals surface area contributed by atoms with Gasteiger partial charge < -0.3 is 15.2 Å². The van der Waals surface area contributed by atoms with E-state index < -0.39 is 5.41 Å². The lowest BCUT2D eigenvalue weighted by Gasteiger charge is -2.17. The maximum absolute atomic E-state index is 13.1. The molecular formula is C26H33N3O4. The molecule has 2 heterocycles. The van der Waals surface area contributed by atoms with Crippen molar-refractivity contribution in [3.8, 4) is 16.9 Å². The summed E-state index contributed by atoms with van der Waals surface area (Å²) < 4.78 is 12.8. The summed E-state index contributed by atoms with van der Waals surface area (Å²) in [5.74, 6) is 0.426. The number of nitrogens with two attached hydrogens (primary N) is 1. The summed E-state index contributed by atoms with van der Waals surface area (Å²) in [6, 6.07) is 11.3. The van der Waals surface area contributed by atoms with Gasteiger partial charge in [-0.3, -0.25) is 14.2 Å². The highest BCUT2D eigenvalue weighted by molar-refractivity contribution is 5.99. The molecule has 0 aliphatic carbocycles. The predicted molar refractivity (Wildman–Crippen MR) is 131 cm³/mol. The summed E-state index contributed by atoms with van der Waals surface area (Å²) >= 11 is 0. The molecule has 0 spiro atoms. The average molecular weight is 452 g/mol. The predicted octanol–water partition coefficient (Wildman–Crippen LogP) is 4.80. The van der Waals surface area contributed by atoms with Crippen LogP contribution in [0.4, 0.5) is 5.69 Å². The van der Waals surface area contributed by atoms with Gasteiger partial charge >= 0.3 is 5.97 Å². The largest absolute Gasteiger partial charge is 0.493 e. The molecule has 0 saturated heterocycles. The minimum absolute atomic E-state index is 0.206. The van der Waals surface area contributed by atoms with Crippen molar-refractivity contribution < 1.29 is 14.3 Å². The van der Waals surface area contributed by atoms with Crippen molar-refractivity contribution in [2.24, 2.45) is 5.41 Å². The molecule has 0 atom stereocenters. The molecule has 2 aromatic heterocycles. The average Bonchev–Trinajstić information content (AvgIpc) is 2.79. The summed E-state index contributed by atoms with van der Waals surface area (Å²) in [5, 5.41) is 0.831. The molecule has 7 nitrogen and oxygen atoms in total. The normalized spacial score (nSPS) is 11.5. The maximum atomic E-state index is 13.1. The summed E-state index contributed by atoms with van der Waals surface area (Å²) in [4.78, 5) is 29.4. The van der Waals surface area contributed by atoms with Crippen molar-refractivity contribution in [2.45, 2.75) is 53.5 Å². The molecule has 176 valence electrons. The lowest BCUT2D eigenvalue weighted by molar-refractivity contribution is -0.153. The standard InChI is InChI=1S/C26H33N3O4/c1-5-6-14-29-23-20(12-8-13-28-23)21(22(27)24(29)30)18-10-7-11-19(17-18)32-15-9-16-33-25(31)26(2,3)4/h7-8,10-13,17H,5-6,9,14-16,27H2,1-4H3. The van der Waals surface area contributed by atoms with E-state index in [4.69, 9.17) is 15.2 Å². The van der Waals surface area contributed by atoms with E-state index in [1.807, 2.05) is 57.2 Å². The van der Waals surface area contributed by atoms with Gasteiger partial charge in [0, 0.05) is 30.1 Å². The Balaban J connectivity index is 1.81. The maximum Gasteiger partial charge on any atom is 0.311 e. The molecule has 0 bridgehead atoms. The van der Waals surface area contributed by atoms with E-state index in [0.717, 1.165) is 23.8 Å². The third-order valence-electron chi connectivity index (χ3n) is 5.32. The molecule has 0 unspecified atom stereocenters. The number of benzene rings is 1. The van der Waals surface area contributed by atoms with Crippen LogP contribution in [0.15, 0.2) is 47.4 Å². The van der Waals surface area contributed by atoms with Crippen LogP contribution in [0.2, 0.25) is 0 Å². The first kappa shape index (κ1) is 24.3. The summed E-state index contributed by atoms with van der Waals surface area (Å²) in [5.41, 5.74) is 7.91. The number of nitrogen functional groups attached to an aromatic ring is 1. The van der Waals surface area contributed by atoms with Crippen molar-refractivity contribution >= 4 is 22.7 Å². The minimum atomic E-state index is -0.516. The number of fused-ring (bicyclic) bond motifs is 1. The van der Waals surface area contributed by atoms with Gasteiger partial charge in [0.05, 0.1) is 18.6 Å². The van der Waals surface area contributed by atoms with Crippen LogP contribution in [0.1, 0.15) is 47.0 Å². The van der Waals surface area contributed by atoms with Gasteiger partial charge in [0.25, 0.3) is 5.56 Å². The fourth-order valence-electron chi connectivity index (χ4n) is 3.51. The highest BCUT2D eigenvalue weighted by Crippen LogP contribution is 2.33. The number of aromatic nitrogens is 2. The van der Waals surface area contributed by atoms with Gasteiger partial charge in [-0.25, -0.2) is 4.98 Å². The first-order valence-corrected chi connectivity index (χ1v) is 11.4. The van der Waals surface area contributed by atoms with E-state index in [2.05, 4.69) is 11.9 Å². The number of hydrogen-bond acceptors (Lipinski definition) is 6. The topological polar surface area (TPSA) is 96.4 Å². The zero-order valence-corrected chi connectivity index (χ0v) is 19.9. The molecular weight excluding hydrogens is 418 g/mol. The first-order valence-electron chi connectivity index (χ1n) is 11.4.